The van der Waals surface area contributed by atoms with Crippen LogP contribution >= 0.6 is 31.9 Å². The third-order valence-electron chi connectivity index (χ3n) is 1.74. The monoisotopic (exact) mass is 317 g/mol. The van der Waals surface area contributed by atoms with E-state index < -0.39 is 0 Å². The van der Waals surface area contributed by atoms with Gasteiger partial charge in [0.05, 0.1) is 8.95 Å². The predicted molar refractivity (Wildman–Crippen MR) is 62.1 cm³/mol. The Hall–Kier alpha value is -0.530. The standard InChI is InChI=1S/C10H9Br2NO/c1-2-3-7-4-8(11)10(14-6-13)9(12)5-7/h4-5H,2-3H2,1H3. The number of hydrogen-bond acceptors (Lipinski definition) is 2. The molecule has 1 aromatic carbocycles. The Bertz CT molecular complexity index is 348. The number of hydrogen-bond donors (Lipinski definition) is 0. The molecule has 14 heavy (non-hydrogen) atoms. The van der Waals surface area contributed by atoms with Crippen LogP contribution < -0.4 is 4.74 Å². The average molecular weight is 319 g/mol. The van der Waals surface area contributed by atoms with Crippen molar-refractivity contribution < 1.29 is 4.74 Å². The molecule has 1 aromatic rings. The van der Waals surface area contributed by atoms with Crippen LogP contribution in [0.15, 0.2) is 21.1 Å². The van der Waals surface area contributed by atoms with E-state index in [-0.39, 0.29) is 0 Å². The van der Waals surface area contributed by atoms with E-state index in [0.717, 1.165) is 21.8 Å². The zero-order chi connectivity index (χ0) is 10.6. The van der Waals surface area contributed by atoms with Gasteiger partial charge in [0.25, 0.3) is 6.26 Å². The first-order valence-electron chi connectivity index (χ1n) is 4.23. The van der Waals surface area contributed by atoms with Crippen LogP contribution in [0.2, 0.25) is 0 Å². The third-order valence-corrected chi connectivity index (χ3v) is 2.92. The van der Waals surface area contributed by atoms with Crippen molar-refractivity contribution in [2.24, 2.45) is 0 Å². The number of nitrogens with zero attached hydrogens (tertiary/aromatic N) is 1. The van der Waals surface area contributed by atoms with Gasteiger partial charge in [-0.3, -0.25) is 0 Å². The highest BCUT2D eigenvalue weighted by atomic mass is 79.9. The Labute approximate surface area is 100 Å². The van der Waals surface area contributed by atoms with Gasteiger partial charge in [0.1, 0.15) is 0 Å². The van der Waals surface area contributed by atoms with Crippen molar-refractivity contribution in [1.29, 1.82) is 5.26 Å². The Morgan fingerprint density at radius 1 is 1.36 bits per heavy atom. The minimum atomic E-state index is 0.535. The molecule has 0 aliphatic heterocycles. The zero-order valence-electron chi connectivity index (χ0n) is 7.68. The van der Waals surface area contributed by atoms with Crippen LogP contribution in [0.1, 0.15) is 18.9 Å². The first-order valence-corrected chi connectivity index (χ1v) is 5.81. The van der Waals surface area contributed by atoms with Gasteiger partial charge in [-0.25, -0.2) is 0 Å². The number of benzene rings is 1. The van der Waals surface area contributed by atoms with Crippen LogP contribution in [0.3, 0.4) is 0 Å². The van der Waals surface area contributed by atoms with Gasteiger partial charge in [0.15, 0.2) is 5.75 Å². The Balaban J connectivity index is 3.06. The van der Waals surface area contributed by atoms with E-state index >= 15 is 0 Å². The van der Waals surface area contributed by atoms with Gasteiger partial charge in [0, 0.05) is 0 Å². The summed E-state index contributed by atoms with van der Waals surface area (Å²) in [4.78, 5) is 0. The SMILES string of the molecule is CCCc1cc(Br)c(OC#N)c(Br)c1. The molecule has 0 aliphatic rings. The summed E-state index contributed by atoms with van der Waals surface area (Å²) in [5.41, 5.74) is 1.22. The predicted octanol–water partition coefficient (Wildman–Crippen LogP) is 4.02. The summed E-state index contributed by atoms with van der Waals surface area (Å²) < 4.78 is 6.42. The van der Waals surface area contributed by atoms with Crippen LogP contribution in [0.5, 0.6) is 5.75 Å². The lowest BCUT2D eigenvalue weighted by atomic mass is 10.1. The Kier molecular flexibility index (Phi) is 4.43. The molecule has 1 rings (SSSR count). The minimum absolute atomic E-state index is 0.535. The number of rotatable bonds is 3. The van der Waals surface area contributed by atoms with Crippen molar-refractivity contribution in [3.05, 3.63) is 26.6 Å². The van der Waals surface area contributed by atoms with Gasteiger partial charge in [-0.15, -0.1) is 5.26 Å². The summed E-state index contributed by atoms with van der Waals surface area (Å²) in [6.45, 7) is 2.13. The molecule has 4 heteroatoms. The lowest BCUT2D eigenvalue weighted by Gasteiger charge is -2.06. The zero-order valence-corrected chi connectivity index (χ0v) is 10.9. The van der Waals surface area contributed by atoms with Crippen molar-refractivity contribution in [3.8, 4) is 12.0 Å². The molecule has 0 bridgehead atoms. The molecule has 0 unspecified atom stereocenters. The highest BCUT2D eigenvalue weighted by Gasteiger charge is 2.08. The van der Waals surface area contributed by atoms with Crippen LogP contribution in [0.25, 0.3) is 0 Å². The second-order valence-corrected chi connectivity index (χ2v) is 4.54. The molecule has 0 saturated carbocycles. The van der Waals surface area contributed by atoms with Gasteiger partial charge < -0.3 is 4.74 Å². The second-order valence-electron chi connectivity index (χ2n) is 2.83. The average Bonchev–Trinajstić information content (AvgIpc) is 2.12. The fraction of sp³-hybridized carbons (Fsp3) is 0.300. The molecule has 0 spiro atoms. The molecule has 0 amide bonds. The first kappa shape index (κ1) is 11.5. The van der Waals surface area contributed by atoms with Crippen molar-refractivity contribution in [1.82, 2.24) is 0 Å². The number of nitriles is 1. The quantitative estimate of drug-likeness (QED) is 0.788. The van der Waals surface area contributed by atoms with E-state index in [1.54, 1.807) is 6.26 Å². The Morgan fingerprint density at radius 2 is 1.93 bits per heavy atom. The lowest BCUT2D eigenvalue weighted by molar-refractivity contribution is 0.500. The van der Waals surface area contributed by atoms with Crippen molar-refractivity contribution in [2.45, 2.75) is 19.8 Å². The topological polar surface area (TPSA) is 33.0 Å². The van der Waals surface area contributed by atoms with Crippen LogP contribution in [-0.4, -0.2) is 0 Å². The highest BCUT2D eigenvalue weighted by molar-refractivity contribution is 9.11. The highest BCUT2D eigenvalue weighted by Crippen LogP contribution is 2.34. The van der Waals surface area contributed by atoms with E-state index in [4.69, 9.17) is 10.00 Å². The molecule has 0 aliphatic carbocycles. The van der Waals surface area contributed by atoms with Gasteiger partial charge in [0.2, 0.25) is 0 Å². The maximum atomic E-state index is 8.43. The Morgan fingerprint density at radius 3 is 2.36 bits per heavy atom. The summed E-state index contributed by atoms with van der Waals surface area (Å²) in [5.74, 6) is 0.535. The summed E-state index contributed by atoms with van der Waals surface area (Å²) in [6.07, 6.45) is 3.77. The largest absolute Gasteiger partial charge is 0.386 e. The molecule has 0 fully saturated rings. The van der Waals surface area contributed by atoms with Crippen molar-refractivity contribution >= 4 is 31.9 Å². The molecule has 0 saturated heterocycles. The van der Waals surface area contributed by atoms with Crippen LogP contribution in [0, 0.1) is 11.5 Å². The molecule has 0 radical (unpaired) electrons. The third kappa shape index (κ3) is 2.73. The molecule has 0 aromatic heterocycles. The number of halogens is 2. The molecule has 0 N–H and O–H groups in total. The van der Waals surface area contributed by atoms with E-state index in [0.29, 0.717) is 5.75 Å². The molecular weight excluding hydrogens is 310 g/mol. The van der Waals surface area contributed by atoms with Crippen molar-refractivity contribution in [2.75, 3.05) is 0 Å². The summed E-state index contributed by atoms with van der Waals surface area (Å²) in [6, 6.07) is 3.95. The minimum Gasteiger partial charge on any atom is -0.386 e. The smallest absolute Gasteiger partial charge is 0.292 e. The number of ether oxygens (including phenoxy) is 1. The lowest BCUT2D eigenvalue weighted by Crippen LogP contribution is -1.89. The number of aryl methyl sites for hydroxylation is 1. The summed E-state index contributed by atoms with van der Waals surface area (Å²) >= 11 is 6.73. The normalized spacial score (nSPS) is 9.57. The molecule has 2 nitrogen and oxygen atoms in total. The van der Waals surface area contributed by atoms with Gasteiger partial charge in [-0.1, -0.05) is 13.3 Å². The van der Waals surface area contributed by atoms with Gasteiger partial charge >= 0.3 is 0 Å². The second kappa shape index (κ2) is 5.38. The van der Waals surface area contributed by atoms with E-state index in [1.165, 1.54) is 5.56 Å². The molecular formula is C10H9Br2NO. The van der Waals surface area contributed by atoms with Crippen molar-refractivity contribution in [3.63, 3.8) is 0 Å². The maximum Gasteiger partial charge on any atom is 0.292 e. The fourth-order valence-corrected chi connectivity index (χ4v) is 2.63. The van der Waals surface area contributed by atoms with E-state index in [1.807, 2.05) is 12.1 Å². The molecule has 0 atom stereocenters. The van der Waals surface area contributed by atoms with Crippen LogP contribution in [-0.2, 0) is 6.42 Å². The van der Waals surface area contributed by atoms with Gasteiger partial charge in [-0.2, -0.15) is 0 Å². The van der Waals surface area contributed by atoms with Crippen LogP contribution in [0.4, 0.5) is 0 Å². The van der Waals surface area contributed by atoms with Gasteiger partial charge in [-0.05, 0) is 56.0 Å². The summed E-state index contributed by atoms with van der Waals surface area (Å²) in [7, 11) is 0. The molecule has 74 valence electrons. The summed E-state index contributed by atoms with van der Waals surface area (Å²) in [5, 5.41) is 8.43. The molecule has 0 heterocycles. The van der Waals surface area contributed by atoms with E-state index in [2.05, 4.69) is 38.8 Å². The maximum absolute atomic E-state index is 8.43. The fourth-order valence-electron chi connectivity index (χ4n) is 1.19. The van der Waals surface area contributed by atoms with E-state index in [9.17, 15) is 0 Å². The first-order chi connectivity index (χ1) is 6.69.